The van der Waals surface area contributed by atoms with E-state index in [4.69, 9.17) is 48.4 Å². The van der Waals surface area contributed by atoms with Crippen LogP contribution in [-0.2, 0) is 32.2 Å². The SMILES string of the molecule is [2H]B(C)S.[2H]B(C)S.[2H]B([3H])CSO[C@@H]1[C@H](NC(=O)/C(C)=C/c2ccc(O[C@@H]3OC(C(C)=O)C(C)[C@@H]3O[3H])c(O)c2)[C@H](OSCB([2H])[3H])[C@@H](O[3H])[C@H]2OCO[C@H]21. The number of Topliss-reactive ketones (excluding diaryl/α,β-unsaturated/α-hetero) is 1. The van der Waals surface area contributed by atoms with Crippen molar-refractivity contribution in [3.8, 4) is 11.5 Å². The summed E-state index contributed by atoms with van der Waals surface area (Å²) in [5, 5.41) is 23.3. The van der Waals surface area contributed by atoms with Crippen LogP contribution in [0.1, 0.15) is 26.3 Å². The van der Waals surface area contributed by atoms with Gasteiger partial charge in [0, 0.05) is 11.5 Å². The molecule has 0 aromatic heterocycles. The van der Waals surface area contributed by atoms with E-state index in [1.807, 2.05) is 0 Å². The first-order chi connectivity index (χ1) is 26.3. The van der Waals surface area contributed by atoms with E-state index in [-0.39, 0.29) is 54.0 Å². The Morgan fingerprint density at radius 3 is 2.38 bits per heavy atom. The molecule has 1 aliphatic carbocycles. The van der Waals surface area contributed by atoms with Crippen LogP contribution in [0.2, 0.25) is 13.6 Å². The van der Waals surface area contributed by atoms with Gasteiger partial charge in [0.15, 0.2) is 30.3 Å². The average molecular weight is 757 g/mol. The molecule has 12 nitrogen and oxygen atoms in total. The number of hydrogen-bond acceptors (Lipinski definition) is 15. The minimum Gasteiger partial charge on any atom is -0.504 e. The number of benzene rings is 1. The molecule has 2 aliphatic heterocycles. The first kappa shape index (κ1) is 31.8. The van der Waals surface area contributed by atoms with Crippen LogP contribution in [-0.4, -0.2) is 140 Å². The van der Waals surface area contributed by atoms with E-state index in [1.54, 1.807) is 26.6 Å². The van der Waals surface area contributed by atoms with Gasteiger partial charge in [-0.2, -0.15) is 0 Å². The molecule has 2 heterocycles. The summed E-state index contributed by atoms with van der Waals surface area (Å²) >= 11 is 8.92. The molecule has 2 unspecified atom stereocenters. The number of phenols is 1. The van der Waals surface area contributed by atoms with E-state index in [9.17, 15) is 14.7 Å². The lowest BCUT2D eigenvalue weighted by molar-refractivity contribution is -0.141. The largest absolute Gasteiger partial charge is 0.504 e. The van der Waals surface area contributed by atoms with Gasteiger partial charge in [-0.25, -0.2) is 25.0 Å². The molecule has 4 rings (SSSR count). The number of ketones is 1. The Balaban J connectivity index is 0.00000123. The lowest BCUT2D eigenvalue weighted by Crippen LogP contribution is -2.68. The van der Waals surface area contributed by atoms with Crippen LogP contribution < -0.4 is 10.1 Å². The van der Waals surface area contributed by atoms with Gasteiger partial charge in [-0.1, -0.05) is 26.6 Å². The fraction of sp³-hybridized carbons (Fsp3) is 0.643. The molecule has 0 bridgehead atoms. The van der Waals surface area contributed by atoms with Crippen molar-refractivity contribution in [3.05, 3.63) is 29.3 Å². The monoisotopic (exact) mass is 757 g/mol. The highest BCUT2D eigenvalue weighted by molar-refractivity contribution is 8.06. The number of carbonyl (C=O) groups excluding carboxylic acids is 2. The number of rotatable bonds is 16. The standard InChI is InChI=1S/C26H37B2NO11S2.2CH5BS/c1-11(6-14-4-5-16(15(31)7-14)37-26-18(32)12(2)20(38-26)13(3)30)25(34)29-17-21(39-41-8-27)19(33)23-24(36-10-35-23)22(17)40-42-9-28;2*1-2-3/h4-7,12,17-24,26,31-33H,8-10,27-28H2,1-3H3,(H,29,34);2*2-3H,1H3/b11-6+;;/t12?,17-,18+,19-,20?,21+,22-,23-,24+,26-;;/m1../s1/i27TD,28TD,32T,33T;2*2D. The number of aromatic hydroxyl groups is 1. The number of aliphatic hydroxyl groups excluding tert-OH is 2. The Labute approximate surface area is 317 Å². The molecule has 1 aromatic rings. The third-order valence-electron chi connectivity index (χ3n) is 7.23. The van der Waals surface area contributed by atoms with Gasteiger partial charge in [0.1, 0.15) is 65.1 Å². The summed E-state index contributed by atoms with van der Waals surface area (Å²) in [6, 6.07) is 3.36. The van der Waals surface area contributed by atoms with Crippen LogP contribution in [0.25, 0.3) is 6.08 Å². The van der Waals surface area contributed by atoms with E-state index >= 15 is 0 Å². The maximum absolute atomic E-state index is 13.6. The maximum Gasteiger partial charge on any atom is 0.247 e. The van der Waals surface area contributed by atoms with Crippen LogP contribution in [0.5, 0.6) is 11.5 Å². The van der Waals surface area contributed by atoms with Gasteiger partial charge in [0.25, 0.3) is 0 Å². The van der Waals surface area contributed by atoms with Crippen LogP contribution in [0.3, 0.4) is 0 Å². The third-order valence-corrected chi connectivity index (χ3v) is 8.22. The highest BCUT2D eigenvalue weighted by Crippen LogP contribution is 2.37. The van der Waals surface area contributed by atoms with Crippen LogP contribution in [0, 0.1) is 5.92 Å². The maximum atomic E-state index is 13.6. The molecule has 10 atom stereocenters. The predicted molar refractivity (Wildman–Crippen MR) is 205 cm³/mol. The summed E-state index contributed by atoms with van der Waals surface area (Å²) in [6.07, 6.45) is -5.98. The number of hydrogen-bond donors (Lipinski definition) is 6. The molecular formula is C28H47B4NO11S4. The van der Waals surface area contributed by atoms with Crippen molar-refractivity contribution in [1.82, 2.24) is 5.32 Å². The zero-order chi connectivity index (χ0) is 42.3. The summed E-state index contributed by atoms with van der Waals surface area (Å²) in [7, 11) is -2.38. The predicted octanol–water partition coefficient (Wildman–Crippen LogP) is -0.0344. The van der Waals surface area contributed by atoms with Gasteiger partial charge in [0.05, 0.1) is 6.04 Å². The fourth-order valence-electron chi connectivity index (χ4n) is 5.12. The number of fused-ring (bicyclic) bond motifs is 1. The highest BCUT2D eigenvalue weighted by Gasteiger charge is 2.56. The zero-order valence-corrected chi connectivity index (χ0v) is 30.7. The Hall–Kier alpha value is -0.920. The Kier molecular flexibility index (Phi) is 14.6. The molecule has 48 heavy (non-hydrogen) atoms. The summed E-state index contributed by atoms with van der Waals surface area (Å²) in [5.41, 5.74) is 0.585. The van der Waals surface area contributed by atoms with E-state index in [1.165, 1.54) is 32.1 Å². The van der Waals surface area contributed by atoms with Crippen molar-refractivity contribution in [2.24, 2.45) is 5.92 Å². The average Bonchev–Trinajstić information content (AvgIpc) is 3.70. The summed E-state index contributed by atoms with van der Waals surface area (Å²) in [4.78, 5) is 25.5. The molecule has 2 saturated heterocycles. The number of thiol groups is 2. The van der Waals surface area contributed by atoms with Crippen LogP contribution in [0.15, 0.2) is 23.8 Å². The molecule has 20 heteroatoms. The number of nitrogens with one attached hydrogen (secondary N) is 1. The van der Waals surface area contributed by atoms with E-state index in [2.05, 4.69) is 30.3 Å². The summed E-state index contributed by atoms with van der Waals surface area (Å²) in [6.45, 7) is 7.41. The van der Waals surface area contributed by atoms with Gasteiger partial charge >= 0.3 is 0 Å². The molecule has 4 N–H and O–H groups in total. The highest BCUT2D eigenvalue weighted by atomic mass is 32.2. The van der Waals surface area contributed by atoms with Crippen LogP contribution in [0.4, 0.5) is 0 Å². The molecule has 3 fully saturated rings. The second-order valence-electron chi connectivity index (χ2n) is 10.6. The topological polar surface area (TPSA) is 162 Å². The number of ether oxygens (including phenoxy) is 4. The number of amides is 1. The molecule has 1 amide bonds. The Bertz CT molecular complexity index is 1400. The van der Waals surface area contributed by atoms with Crippen molar-refractivity contribution in [2.45, 2.75) is 89.5 Å². The van der Waals surface area contributed by atoms with Crippen molar-refractivity contribution < 1.29 is 52.2 Å². The first-order valence-electron chi connectivity index (χ1n) is 19.2. The smallest absolute Gasteiger partial charge is 0.247 e. The molecule has 1 aromatic carbocycles. The summed E-state index contributed by atoms with van der Waals surface area (Å²) < 4.78 is 92.6. The molecule has 1 saturated carbocycles. The fourth-order valence-corrected chi connectivity index (χ4v) is 6.05. The van der Waals surface area contributed by atoms with Crippen molar-refractivity contribution >= 4 is 95.4 Å². The Morgan fingerprint density at radius 2 is 1.79 bits per heavy atom. The number of phenolic OH excluding ortho intramolecular Hbond substituents is 1. The minimum atomic E-state index is -1.20. The quantitative estimate of drug-likeness (QED) is 0.0578. The van der Waals surface area contributed by atoms with Crippen LogP contribution >= 0.6 is 49.0 Å². The lowest BCUT2D eigenvalue weighted by Gasteiger charge is -2.44. The lowest BCUT2D eigenvalue weighted by atomic mass is 9.83. The van der Waals surface area contributed by atoms with Crippen molar-refractivity contribution in [1.29, 1.82) is 10.9 Å². The minimum absolute atomic E-state index is 0.00441. The second-order valence-corrected chi connectivity index (χ2v) is 13.1. The molecule has 266 valence electrons. The normalized spacial score (nSPS) is 33.0. The molecular weight excluding hydrogens is 698 g/mol. The third kappa shape index (κ3) is 11.8. The van der Waals surface area contributed by atoms with Crippen molar-refractivity contribution in [2.75, 3.05) is 18.1 Å². The van der Waals surface area contributed by atoms with E-state index in [0.29, 0.717) is 5.56 Å². The van der Waals surface area contributed by atoms with E-state index < -0.39 is 82.4 Å². The first-order valence-corrected chi connectivity index (χ1v) is 17.8. The van der Waals surface area contributed by atoms with Gasteiger partial charge in [-0.3, -0.25) is 9.59 Å². The van der Waals surface area contributed by atoms with Gasteiger partial charge in [-0.15, -0.1) is 0 Å². The van der Waals surface area contributed by atoms with Crippen molar-refractivity contribution in [3.63, 3.8) is 0 Å². The summed E-state index contributed by atoms with van der Waals surface area (Å²) in [5.74, 6) is -1.56. The van der Waals surface area contributed by atoms with E-state index in [0.717, 1.165) is 24.1 Å². The molecule has 3 aliphatic rings. The van der Waals surface area contributed by atoms with Gasteiger partial charge < -0.3 is 48.0 Å². The van der Waals surface area contributed by atoms with Gasteiger partial charge in [0.2, 0.25) is 15.1 Å². The molecule has 0 radical (unpaired) electrons. The zero-order valence-electron chi connectivity index (χ0n) is 35.3. The van der Waals surface area contributed by atoms with Gasteiger partial charge in [-0.05, 0) is 81.0 Å². The number of aliphatic hydroxyl groups is 2. The number of carbonyl (C=O) groups is 2. The second kappa shape index (κ2) is 22.1. The Morgan fingerprint density at radius 1 is 1.17 bits per heavy atom. The molecule has 0 spiro atoms.